The number of nitrogens with zero attached hydrogens (tertiary/aromatic N) is 2. The first-order valence-corrected chi connectivity index (χ1v) is 6.91. The van der Waals surface area contributed by atoms with Crippen LogP contribution in [0, 0.1) is 19.7 Å². The second kappa shape index (κ2) is 5.33. The number of nitrogens with one attached hydrogen (secondary N) is 1. The Kier molecular flexibility index (Phi) is 3.94. The van der Waals surface area contributed by atoms with Crippen molar-refractivity contribution in [2.45, 2.75) is 26.8 Å². The van der Waals surface area contributed by atoms with E-state index in [0.717, 1.165) is 17.1 Å². The molecule has 0 aliphatic carbocycles. The second-order valence-corrected chi connectivity index (χ2v) is 5.56. The predicted octanol–water partition coefficient (Wildman–Crippen LogP) is 4.11. The molecule has 1 aromatic carbocycles. The monoisotopic (exact) mass is 325 g/mol. The van der Waals surface area contributed by atoms with E-state index in [1.165, 1.54) is 11.6 Å². The molecule has 19 heavy (non-hydrogen) atoms. The van der Waals surface area contributed by atoms with Gasteiger partial charge in [0.05, 0.1) is 16.2 Å². The Bertz CT molecular complexity index is 607. The highest BCUT2D eigenvalue weighted by atomic mass is 79.9. The Morgan fingerprint density at radius 2 is 2.05 bits per heavy atom. The molecule has 0 spiro atoms. The fourth-order valence-electron chi connectivity index (χ4n) is 2.32. The molecule has 102 valence electrons. The lowest BCUT2D eigenvalue weighted by Gasteiger charge is -2.16. The zero-order chi connectivity index (χ0) is 14.2. The zero-order valence-electron chi connectivity index (χ0n) is 11.5. The fraction of sp³-hybridized carbons (Fsp3) is 0.357. The molecule has 0 bridgehead atoms. The van der Waals surface area contributed by atoms with Crippen molar-refractivity contribution in [2.24, 2.45) is 7.05 Å². The molecular formula is C14H17BrFN3. The second-order valence-electron chi connectivity index (χ2n) is 4.70. The first-order chi connectivity index (χ1) is 8.90. The minimum atomic E-state index is -0.257. The van der Waals surface area contributed by atoms with Gasteiger partial charge in [0.25, 0.3) is 0 Å². The Hall–Kier alpha value is -1.36. The molecule has 1 heterocycles. The van der Waals surface area contributed by atoms with Gasteiger partial charge in [-0.3, -0.25) is 4.68 Å². The van der Waals surface area contributed by atoms with E-state index < -0.39 is 0 Å². The van der Waals surface area contributed by atoms with Gasteiger partial charge >= 0.3 is 0 Å². The van der Waals surface area contributed by atoms with Crippen molar-refractivity contribution in [3.63, 3.8) is 0 Å². The minimum Gasteiger partial charge on any atom is -0.378 e. The van der Waals surface area contributed by atoms with E-state index in [1.807, 2.05) is 25.6 Å². The molecule has 0 aliphatic heterocycles. The Morgan fingerprint density at radius 3 is 2.58 bits per heavy atom. The number of hydrogen-bond donors (Lipinski definition) is 1. The van der Waals surface area contributed by atoms with Crippen molar-refractivity contribution in [2.75, 3.05) is 5.32 Å². The van der Waals surface area contributed by atoms with Crippen molar-refractivity contribution in [1.29, 1.82) is 0 Å². The van der Waals surface area contributed by atoms with Crippen LogP contribution in [-0.2, 0) is 7.05 Å². The molecule has 2 aromatic rings. The predicted molar refractivity (Wildman–Crippen MR) is 78.8 cm³/mol. The summed E-state index contributed by atoms with van der Waals surface area (Å²) in [4.78, 5) is 0. The van der Waals surface area contributed by atoms with Gasteiger partial charge in [0.2, 0.25) is 0 Å². The van der Waals surface area contributed by atoms with Crippen LogP contribution in [0.1, 0.15) is 29.9 Å². The third-order valence-electron chi connectivity index (χ3n) is 3.30. The molecule has 3 nitrogen and oxygen atoms in total. The summed E-state index contributed by atoms with van der Waals surface area (Å²) in [6.45, 7) is 6.13. The van der Waals surface area contributed by atoms with Gasteiger partial charge in [-0.05, 0) is 54.9 Å². The summed E-state index contributed by atoms with van der Waals surface area (Å²) >= 11 is 3.19. The quantitative estimate of drug-likeness (QED) is 0.920. The molecule has 0 fully saturated rings. The number of halogens is 2. The summed E-state index contributed by atoms with van der Waals surface area (Å²) in [5.41, 5.74) is 4.21. The molecule has 1 unspecified atom stereocenters. The summed E-state index contributed by atoms with van der Waals surface area (Å²) in [7, 11) is 1.94. The largest absolute Gasteiger partial charge is 0.378 e. The highest BCUT2D eigenvalue weighted by Gasteiger charge is 2.16. The Morgan fingerprint density at radius 1 is 1.37 bits per heavy atom. The van der Waals surface area contributed by atoms with Crippen LogP contribution in [0.15, 0.2) is 22.7 Å². The maximum atomic E-state index is 13.2. The summed E-state index contributed by atoms with van der Waals surface area (Å²) in [5, 5.41) is 7.78. The lowest BCUT2D eigenvalue weighted by atomic mass is 10.1. The molecule has 0 saturated carbocycles. The number of rotatable bonds is 3. The van der Waals surface area contributed by atoms with E-state index in [-0.39, 0.29) is 11.9 Å². The molecule has 0 amide bonds. The van der Waals surface area contributed by atoms with Gasteiger partial charge in [-0.25, -0.2) is 4.39 Å². The van der Waals surface area contributed by atoms with E-state index in [0.29, 0.717) is 4.47 Å². The van der Waals surface area contributed by atoms with E-state index in [2.05, 4.69) is 33.3 Å². The number of hydrogen-bond acceptors (Lipinski definition) is 2. The van der Waals surface area contributed by atoms with Crippen LogP contribution in [0.3, 0.4) is 0 Å². The van der Waals surface area contributed by atoms with Gasteiger partial charge in [0, 0.05) is 24.0 Å². The standard InChI is InChI=1S/C14H17BrFN3/c1-8(14-9(2)18-19(4)10(14)3)17-11-5-6-13(16)12(15)7-11/h5-8,17H,1-4H3. The lowest BCUT2D eigenvalue weighted by molar-refractivity contribution is 0.621. The van der Waals surface area contributed by atoms with Crippen LogP contribution >= 0.6 is 15.9 Å². The first kappa shape index (κ1) is 14.1. The molecule has 2 rings (SSSR count). The maximum absolute atomic E-state index is 13.2. The van der Waals surface area contributed by atoms with Crippen LogP contribution in [0.25, 0.3) is 0 Å². The van der Waals surface area contributed by atoms with E-state index in [9.17, 15) is 4.39 Å². The van der Waals surface area contributed by atoms with Crippen molar-refractivity contribution in [3.05, 3.63) is 45.4 Å². The number of benzene rings is 1. The Balaban J connectivity index is 2.25. The first-order valence-electron chi connectivity index (χ1n) is 6.12. The molecule has 0 radical (unpaired) electrons. The van der Waals surface area contributed by atoms with Crippen molar-refractivity contribution in [1.82, 2.24) is 9.78 Å². The smallest absolute Gasteiger partial charge is 0.137 e. The third kappa shape index (κ3) is 2.81. The van der Waals surface area contributed by atoms with Gasteiger partial charge in [-0.15, -0.1) is 0 Å². The van der Waals surface area contributed by atoms with Gasteiger partial charge in [0.1, 0.15) is 5.82 Å². The molecule has 1 aromatic heterocycles. The van der Waals surface area contributed by atoms with Crippen LogP contribution < -0.4 is 5.32 Å². The van der Waals surface area contributed by atoms with Gasteiger partial charge < -0.3 is 5.32 Å². The highest BCUT2D eigenvalue weighted by Crippen LogP contribution is 2.27. The number of aromatic nitrogens is 2. The lowest BCUT2D eigenvalue weighted by Crippen LogP contribution is -2.09. The molecule has 0 saturated heterocycles. The fourth-order valence-corrected chi connectivity index (χ4v) is 2.70. The summed E-state index contributed by atoms with van der Waals surface area (Å²) in [6.07, 6.45) is 0. The van der Waals surface area contributed by atoms with Crippen molar-refractivity contribution in [3.8, 4) is 0 Å². The molecule has 1 N–H and O–H groups in total. The van der Waals surface area contributed by atoms with E-state index >= 15 is 0 Å². The topological polar surface area (TPSA) is 29.9 Å². The highest BCUT2D eigenvalue weighted by molar-refractivity contribution is 9.10. The average molecular weight is 326 g/mol. The summed E-state index contributed by atoms with van der Waals surface area (Å²) < 4.78 is 15.5. The Labute approximate surface area is 121 Å². The zero-order valence-corrected chi connectivity index (χ0v) is 13.0. The summed E-state index contributed by atoms with van der Waals surface area (Å²) in [5.74, 6) is -0.257. The van der Waals surface area contributed by atoms with Crippen LogP contribution in [0.5, 0.6) is 0 Å². The van der Waals surface area contributed by atoms with E-state index in [4.69, 9.17) is 0 Å². The average Bonchev–Trinajstić information content (AvgIpc) is 2.58. The third-order valence-corrected chi connectivity index (χ3v) is 3.91. The molecule has 0 aliphatic rings. The maximum Gasteiger partial charge on any atom is 0.137 e. The number of anilines is 1. The van der Waals surface area contributed by atoms with Gasteiger partial charge in [-0.1, -0.05) is 0 Å². The van der Waals surface area contributed by atoms with Gasteiger partial charge in [0.15, 0.2) is 0 Å². The normalized spacial score (nSPS) is 12.5. The van der Waals surface area contributed by atoms with Crippen LogP contribution in [0.2, 0.25) is 0 Å². The number of aryl methyl sites for hydroxylation is 2. The summed E-state index contributed by atoms with van der Waals surface area (Å²) in [6, 6.07) is 5.04. The van der Waals surface area contributed by atoms with Gasteiger partial charge in [-0.2, -0.15) is 5.10 Å². The van der Waals surface area contributed by atoms with Crippen LogP contribution in [-0.4, -0.2) is 9.78 Å². The van der Waals surface area contributed by atoms with Crippen molar-refractivity contribution < 1.29 is 4.39 Å². The molecular weight excluding hydrogens is 309 g/mol. The molecule has 1 atom stereocenters. The van der Waals surface area contributed by atoms with Crippen molar-refractivity contribution >= 4 is 21.6 Å². The van der Waals surface area contributed by atoms with E-state index in [1.54, 1.807) is 12.1 Å². The SMILES string of the molecule is Cc1nn(C)c(C)c1C(C)Nc1ccc(F)c(Br)c1. The minimum absolute atomic E-state index is 0.117. The molecule has 5 heteroatoms. The van der Waals surface area contributed by atoms with Crippen LogP contribution in [0.4, 0.5) is 10.1 Å².